The fourth-order valence-electron chi connectivity index (χ4n) is 3.68. The van der Waals surface area contributed by atoms with Crippen LogP contribution >= 0.6 is 23.1 Å². The Balaban J connectivity index is 1.40. The number of benzene rings is 1. The summed E-state index contributed by atoms with van der Waals surface area (Å²) >= 11 is 2.74. The molecule has 1 aliphatic rings. The van der Waals surface area contributed by atoms with Crippen LogP contribution in [0.25, 0.3) is 10.2 Å². The summed E-state index contributed by atoms with van der Waals surface area (Å²) in [7, 11) is 0. The summed E-state index contributed by atoms with van der Waals surface area (Å²) in [6.45, 7) is 5.76. The summed E-state index contributed by atoms with van der Waals surface area (Å²) in [4.78, 5) is 34.3. The van der Waals surface area contributed by atoms with E-state index in [0.717, 1.165) is 34.8 Å². The smallest absolute Gasteiger partial charge is 0.266 e. The van der Waals surface area contributed by atoms with Crippen molar-refractivity contribution in [2.45, 2.75) is 50.6 Å². The van der Waals surface area contributed by atoms with E-state index in [4.69, 9.17) is 0 Å². The lowest BCUT2D eigenvalue weighted by molar-refractivity contribution is 0.103. The van der Waals surface area contributed by atoms with E-state index in [9.17, 15) is 9.59 Å². The molecule has 0 radical (unpaired) electrons. The van der Waals surface area contributed by atoms with Gasteiger partial charge in [-0.25, -0.2) is 4.98 Å². The van der Waals surface area contributed by atoms with E-state index in [0.29, 0.717) is 38.3 Å². The predicted octanol–water partition coefficient (Wildman–Crippen LogP) is 4.38. The molecular weight excluding hydrogens is 444 g/mol. The first kappa shape index (κ1) is 20.9. The van der Waals surface area contributed by atoms with Gasteiger partial charge in [-0.3, -0.25) is 9.59 Å². The standard InChI is InChI=1S/C22H22N6O2S2/c1-11-4-7-15(12(2)8-11)24-20(30)18-13(3)17-19(29)25-16(26-21(17)32-18)9-31-22-27-23-10-28(22)14-5-6-14/h4,7-8,10,14H,5-6,9H2,1-3H3,(H,24,30)(H,25,26,29). The number of hydrogen-bond acceptors (Lipinski definition) is 7. The first-order valence-corrected chi connectivity index (χ1v) is 12.1. The van der Waals surface area contributed by atoms with Gasteiger partial charge in [0.25, 0.3) is 11.5 Å². The normalized spacial score (nSPS) is 13.6. The largest absolute Gasteiger partial charge is 0.321 e. The van der Waals surface area contributed by atoms with Crippen LogP contribution in [0.4, 0.5) is 5.69 Å². The van der Waals surface area contributed by atoms with Crippen LogP contribution in [0, 0.1) is 20.8 Å². The average Bonchev–Trinajstić information content (AvgIpc) is 3.38. The van der Waals surface area contributed by atoms with Crippen molar-refractivity contribution in [2.24, 2.45) is 0 Å². The molecule has 0 saturated heterocycles. The Morgan fingerprint density at radius 1 is 1.31 bits per heavy atom. The maximum absolute atomic E-state index is 13.0. The van der Waals surface area contributed by atoms with Crippen molar-refractivity contribution in [3.05, 3.63) is 62.3 Å². The number of nitrogens with zero attached hydrogens (tertiary/aromatic N) is 4. The number of anilines is 1. The van der Waals surface area contributed by atoms with E-state index in [-0.39, 0.29) is 11.5 Å². The number of carbonyl (C=O) groups is 1. The number of amides is 1. The SMILES string of the molecule is Cc1ccc(NC(=O)c2sc3nc(CSc4nncn4C4CC4)[nH]c(=O)c3c2C)c(C)c1. The molecule has 0 unspecified atom stereocenters. The molecule has 3 heterocycles. The number of hydrogen-bond donors (Lipinski definition) is 2. The van der Waals surface area contributed by atoms with E-state index < -0.39 is 0 Å². The number of H-pyrrole nitrogens is 1. The Morgan fingerprint density at radius 2 is 2.12 bits per heavy atom. The second-order valence-corrected chi connectivity index (χ2v) is 10.0. The van der Waals surface area contributed by atoms with Gasteiger partial charge in [0.2, 0.25) is 0 Å². The monoisotopic (exact) mass is 466 g/mol. The van der Waals surface area contributed by atoms with E-state index in [1.54, 1.807) is 13.3 Å². The minimum Gasteiger partial charge on any atom is -0.321 e. The molecule has 1 aromatic carbocycles. The summed E-state index contributed by atoms with van der Waals surface area (Å²) in [6.07, 6.45) is 4.05. The summed E-state index contributed by atoms with van der Waals surface area (Å²) in [6, 6.07) is 6.36. The third kappa shape index (κ3) is 3.95. The van der Waals surface area contributed by atoms with Crippen LogP contribution in [0.5, 0.6) is 0 Å². The van der Waals surface area contributed by atoms with Gasteiger partial charge in [0.1, 0.15) is 17.0 Å². The zero-order valence-corrected chi connectivity index (χ0v) is 19.6. The maximum atomic E-state index is 13.0. The lowest BCUT2D eigenvalue weighted by Gasteiger charge is -2.08. The second kappa shape index (κ2) is 8.18. The number of aromatic amines is 1. The van der Waals surface area contributed by atoms with Crippen LogP contribution in [0.3, 0.4) is 0 Å². The summed E-state index contributed by atoms with van der Waals surface area (Å²) in [5.74, 6) is 0.795. The summed E-state index contributed by atoms with van der Waals surface area (Å²) in [5, 5.41) is 12.4. The molecule has 10 heteroatoms. The van der Waals surface area contributed by atoms with Gasteiger partial charge >= 0.3 is 0 Å². The molecule has 0 spiro atoms. The highest BCUT2D eigenvalue weighted by Gasteiger charge is 2.26. The van der Waals surface area contributed by atoms with E-state index in [1.807, 2.05) is 32.0 Å². The Hall–Kier alpha value is -2.98. The summed E-state index contributed by atoms with van der Waals surface area (Å²) in [5.41, 5.74) is 3.31. The highest BCUT2D eigenvalue weighted by molar-refractivity contribution is 7.98. The number of fused-ring (bicyclic) bond motifs is 1. The fourth-order valence-corrected chi connectivity index (χ4v) is 5.63. The minimum atomic E-state index is -0.231. The van der Waals surface area contributed by atoms with Gasteiger partial charge in [-0.1, -0.05) is 29.5 Å². The van der Waals surface area contributed by atoms with Gasteiger partial charge in [0, 0.05) is 11.7 Å². The van der Waals surface area contributed by atoms with E-state index in [1.165, 1.54) is 23.1 Å². The Labute approximate surface area is 192 Å². The van der Waals surface area contributed by atoms with Crippen LogP contribution in [0.1, 0.15) is 51.1 Å². The summed E-state index contributed by atoms with van der Waals surface area (Å²) < 4.78 is 2.08. The lowest BCUT2D eigenvalue weighted by atomic mass is 10.1. The molecule has 1 saturated carbocycles. The molecule has 2 N–H and O–H groups in total. The van der Waals surface area contributed by atoms with Crippen molar-refractivity contribution in [1.82, 2.24) is 24.7 Å². The highest BCUT2D eigenvalue weighted by atomic mass is 32.2. The molecule has 1 fully saturated rings. The average molecular weight is 467 g/mol. The Kier molecular flexibility index (Phi) is 5.34. The van der Waals surface area contributed by atoms with Gasteiger partial charge in [-0.15, -0.1) is 21.5 Å². The quantitative estimate of drug-likeness (QED) is 0.409. The zero-order chi connectivity index (χ0) is 22.4. The molecule has 4 aromatic rings. The van der Waals surface area contributed by atoms with Gasteiger partial charge in [0.05, 0.1) is 16.0 Å². The molecule has 0 atom stereocenters. The minimum absolute atomic E-state index is 0.228. The predicted molar refractivity (Wildman–Crippen MR) is 127 cm³/mol. The van der Waals surface area contributed by atoms with E-state index in [2.05, 4.69) is 30.0 Å². The molecule has 0 aliphatic heterocycles. The third-order valence-electron chi connectivity index (χ3n) is 5.50. The maximum Gasteiger partial charge on any atom is 0.266 e. The molecule has 1 amide bonds. The number of aryl methyl sites for hydroxylation is 3. The van der Waals surface area contributed by atoms with Crippen molar-refractivity contribution in [3.8, 4) is 0 Å². The van der Waals surface area contributed by atoms with Gasteiger partial charge in [0.15, 0.2) is 5.16 Å². The van der Waals surface area contributed by atoms with Crippen LogP contribution in [-0.2, 0) is 5.75 Å². The second-order valence-electron chi connectivity index (χ2n) is 8.06. The van der Waals surface area contributed by atoms with Gasteiger partial charge in [-0.05, 0) is 50.8 Å². The van der Waals surface area contributed by atoms with Crippen LogP contribution in [0.2, 0.25) is 0 Å². The topological polar surface area (TPSA) is 106 Å². The molecule has 164 valence electrons. The van der Waals surface area contributed by atoms with E-state index >= 15 is 0 Å². The molecule has 5 rings (SSSR count). The van der Waals surface area contributed by atoms with Crippen molar-refractivity contribution >= 4 is 44.9 Å². The number of thioether (sulfide) groups is 1. The first-order chi connectivity index (χ1) is 15.4. The van der Waals surface area contributed by atoms with Gasteiger partial charge in [-0.2, -0.15) is 0 Å². The van der Waals surface area contributed by atoms with Crippen LogP contribution in [-0.4, -0.2) is 30.6 Å². The number of nitrogens with one attached hydrogen (secondary N) is 2. The number of aromatic nitrogens is 5. The van der Waals surface area contributed by atoms with Crippen LogP contribution < -0.4 is 10.9 Å². The molecule has 8 nitrogen and oxygen atoms in total. The molecular formula is C22H22N6O2S2. The van der Waals surface area contributed by atoms with Crippen LogP contribution in [0.15, 0.2) is 34.5 Å². The van der Waals surface area contributed by atoms with Crippen molar-refractivity contribution in [2.75, 3.05) is 5.32 Å². The Morgan fingerprint density at radius 3 is 2.88 bits per heavy atom. The first-order valence-electron chi connectivity index (χ1n) is 10.3. The molecule has 1 aliphatic carbocycles. The zero-order valence-electron chi connectivity index (χ0n) is 17.9. The lowest BCUT2D eigenvalue weighted by Crippen LogP contribution is -2.13. The molecule has 0 bridgehead atoms. The number of rotatable bonds is 6. The Bertz CT molecular complexity index is 1400. The van der Waals surface area contributed by atoms with Crippen molar-refractivity contribution in [1.29, 1.82) is 0 Å². The highest BCUT2D eigenvalue weighted by Crippen LogP contribution is 2.37. The fraction of sp³-hybridized carbons (Fsp3) is 0.318. The number of carbonyl (C=O) groups excluding carboxylic acids is 1. The number of thiophene rings is 1. The molecule has 3 aromatic heterocycles. The van der Waals surface area contributed by atoms with Crippen molar-refractivity contribution in [3.63, 3.8) is 0 Å². The van der Waals surface area contributed by atoms with Crippen molar-refractivity contribution < 1.29 is 4.79 Å². The third-order valence-corrected chi connectivity index (χ3v) is 7.66. The molecule has 32 heavy (non-hydrogen) atoms. The van der Waals surface area contributed by atoms with Gasteiger partial charge < -0.3 is 14.9 Å².